The van der Waals surface area contributed by atoms with Crippen LogP contribution in [0.3, 0.4) is 0 Å². The zero-order valence-electron chi connectivity index (χ0n) is 35.0. The first-order chi connectivity index (χ1) is 27.3. The first kappa shape index (κ1) is 46.3. The highest BCUT2D eigenvalue weighted by Crippen LogP contribution is 2.56. The van der Waals surface area contributed by atoms with Crippen LogP contribution in [0.5, 0.6) is 0 Å². The van der Waals surface area contributed by atoms with Crippen LogP contribution >= 0.6 is 22.6 Å². The zero-order chi connectivity index (χ0) is 42.1. The highest BCUT2D eigenvalue weighted by atomic mass is 127. The molecule has 2 heterocycles. The number of alkyl carbamates (subject to hydrolysis) is 1. The van der Waals surface area contributed by atoms with Crippen LogP contribution < -0.4 is 16.0 Å². The van der Waals surface area contributed by atoms with Gasteiger partial charge in [-0.2, -0.15) is 0 Å². The summed E-state index contributed by atoms with van der Waals surface area (Å²) in [6.07, 6.45) is -1.63. The van der Waals surface area contributed by atoms with Gasteiger partial charge in [0.1, 0.15) is 12.1 Å². The average molecular weight is 941 g/mol. The summed E-state index contributed by atoms with van der Waals surface area (Å²) in [5.74, 6) is -2.92. The number of anilines is 2. The minimum atomic E-state index is -2.42. The summed E-state index contributed by atoms with van der Waals surface area (Å²) in [5.41, 5.74) is 5.16. The van der Waals surface area contributed by atoms with Crippen molar-refractivity contribution in [3.63, 3.8) is 0 Å². The number of hydrogen-bond acceptors (Lipinski definition) is 12. The molecule has 17 heteroatoms. The van der Waals surface area contributed by atoms with Gasteiger partial charge in [0.2, 0.25) is 5.85 Å². The molecule has 2 aromatic carbocycles. The van der Waals surface area contributed by atoms with Crippen molar-refractivity contribution in [2.45, 2.75) is 121 Å². The molecule has 5 atom stereocenters. The number of carbonyl (C=O) groups excluding carboxylic acids is 4. The highest BCUT2D eigenvalue weighted by molar-refractivity contribution is 14.1. The number of amides is 2. The van der Waals surface area contributed by atoms with E-state index in [0.717, 1.165) is 69.9 Å². The molecule has 0 radical (unpaired) electrons. The van der Waals surface area contributed by atoms with E-state index in [2.05, 4.69) is 92.2 Å². The van der Waals surface area contributed by atoms with E-state index in [1.54, 1.807) is 0 Å². The van der Waals surface area contributed by atoms with Crippen molar-refractivity contribution in [3.8, 4) is 11.1 Å². The van der Waals surface area contributed by atoms with Crippen LogP contribution in [0, 0.1) is 0 Å². The second kappa shape index (κ2) is 20.0. The summed E-state index contributed by atoms with van der Waals surface area (Å²) in [7, 11) is 0.447. The fourth-order valence-electron chi connectivity index (χ4n) is 8.41. The summed E-state index contributed by atoms with van der Waals surface area (Å²) in [6.45, 7) is 12.8. The van der Waals surface area contributed by atoms with Crippen LogP contribution in [-0.4, -0.2) is 96.6 Å². The first-order valence-electron chi connectivity index (χ1n) is 19.9. The van der Waals surface area contributed by atoms with E-state index in [1.165, 1.54) is 33.3 Å². The number of likely N-dealkylation sites (tertiary alicyclic amines) is 1. The second-order valence-electron chi connectivity index (χ2n) is 14.5. The summed E-state index contributed by atoms with van der Waals surface area (Å²) in [4.78, 5) is 54.0. The maximum Gasteiger partial charge on any atom is 0.413 e. The molecule has 2 aromatic rings. The Balaban J connectivity index is 1.91. The van der Waals surface area contributed by atoms with Gasteiger partial charge < -0.3 is 43.7 Å². The van der Waals surface area contributed by atoms with Crippen molar-refractivity contribution in [2.24, 2.45) is 0 Å². The SMILES string of the molecule is CC[Si](CC)(CC)O[C@H](C[C@H](NC(=O)OC)C(=O)OC)c1cc(-c2ccc3c(c2)[C@@H]2C[C@@H](C(=O)OC)N(C(=O)OC)[C@@]2(O[Si](CC)(CC)CC)N3)ccc1NCI. The number of carbonyl (C=O) groups is 4. The molecule has 2 amide bonds. The lowest BCUT2D eigenvalue weighted by atomic mass is 9.91. The molecule has 14 nitrogen and oxygen atoms in total. The Hall–Kier alpha value is -3.40. The maximum atomic E-state index is 13.7. The maximum absolute atomic E-state index is 13.7. The first-order valence-corrected chi connectivity index (χ1v) is 26.5. The molecule has 4 rings (SSSR count). The van der Waals surface area contributed by atoms with Crippen molar-refractivity contribution in [1.29, 1.82) is 0 Å². The number of nitrogens with zero attached hydrogens (tertiary/aromatic N) is 1. The third-order valence-electron chi connectivity index (χ3n) is 12.2. The normalized spacial score (nSPS) is 19.7. The molecule has 2 aliphatic rings. The molecule has 0 aliphatic carbocycles. The lowest BCUT2D eigenvalue weighted by Crippen LogP contribution is -2.63. The molecular weight excluding hydrogens is 880 g/mol. The number of esters is 2. The largest absolute Gasteiger partial charge is 0.467 e. The fourth-order valence-corrected chi connectivity index (χ4v) is 14.5. The molecule has 0 aromatic heterocycles. The van der Waals surface area contributed by atoms with E-state index in [0.29, 0.717) is 4.55 Å². The number of halogens is 1. The van der Waals surface area contributed by atoms with Crippen molar-refractivity contribution in [2.75, 3.05) is 43.6 Å². The number of methoxy groups -OCH3 is 4. The number of rotatable bonds is 19. The second-order valence-corrected chi connectivity index (χ2v) is 24.7. The molecule has 1 saturated heterocycles. The summed E-state index contributed by atoms with van der Waals surface area (Å²) >= 11 is 2.26. The Morgan fingerprint density at radius 3 is 2.00 bits per heavy atom. The summed E-state index contributed by atoms with van der Waals surface area (Å²) in [6, 6.07) is 15.3. The summed E-state index contributed by atoms with van der Waals surface area (Å²) < 4.78 is 35.6. The summed E-state index contributed by atoms with van der Waals surface area (Å²) in [5, 5.41) is 9.73. The topological polar surface area (TPSA) is 163 Å². The van der Waals surface area contributed by atoms with E-state index >= 15 is 0 Å². The van der Waals surface area contributed by atoms with E-state index < -0.39 is 70.7 Å². The van der Waals surface area contributed by atoms with Crippen LogP contribution in [0.25, 0.3) is 11.1 Å². The third kappa shape index (κ3) is 9.42. The van der Waals surface area contributed by atoms with Gasteiger partial charge in [-0.05, 0) is 83.6 Å². The Labute approximate surface area is 353 Å². The van der Waals surface area contributed by atoms with Crippen LogP contribution in [0.2, 0.25) is 36.3 Å². The molecular formula is C40H61IN4O10Si2. The quantitative estimate of drug-likeness (QED) is 0.0307. The predicted molar refractivity (Wildman–Crippen MR) is 233 cm³/mol. The van der Waals surface area contributed by atoms with Gasteiger partial charge in [-0.3, -0.25) is 0 Å². The number of nitrogens with one attached hydrogen (secondary N) is 3. The van der Waals surface area contributed by atoms with E-state index in [9.17, 15) is 19.2 Å². The third-order valence-corrected chi connectivity index (χ3v) is 21.9. The smallest absolute Gasteiger partial charge is 0.413 e. The molecule has 0 unspecified atom stereocenters. The Morgan fingerprint density at radius 1 is 0.842 bits per heavy atom. The average Bonchev–Trinajstić information content (AvgIpc) is 3.73. The van der Waals surface area contributed by atoms with E-state index in [1.807, 2.05) is 24.3 Å². The van der Waals surface area contributed by atoms with Crippen molar-refractivity contribution < 1.29 is 47.0 Å². The van der Waals surface area contributed by atoms with Crippen molar-refractivity contribution >= 4 is 74.7 Å². The number of fused-ring (bicyclic) bond motifs is 3. The number of alkyl halides is 1. The van der Waals surface area contributed by atoms with E-state index in [-0.39, 0.29) is 12.8 Å². The van der Waals surface area contributed by atoms with E-state index in [4.69, 9.17) is 27.8 Å². The van der Waals surface area contributed by atoms with Gasteiger partial charge in [-0.15, -0.1) is 0 Å². The molecule has 1 fully saturated rings. The van der Waals surface area contributed by atoms with Crippen LogP contribution in [0.1, 0.15) is 77.5 Å². The van der Waals surface area contributed by atoms with Crippen molar-refractivity contribution in [3.05, 3.63) is 47.5 Å². The molecule has 0 bridgehead atoms. The zero-order valence-corrected chi connectivity index (χ0v) is 39.2. The standard InChI is InChI=1S/C40H61IN4O10Si2/c1-11-56(12-2,13-3)54-35(24-33(36(46)50-7)43-38(48)52-9)29-22-27(17-19-31(29)42-25-41)26-18-20-32-28(21-26)30-23-34(37(47)51-8)45(39(49)53-10)40(30,44-32)55-57(14-4,15-5)16-6/h17-22,30,33-35,42,44H,11-16,23-25H2,1-10H3,(H,43,48)/t30-,33-,34-,35+,40-/m0/s1. The molecule has 57 heavy (non-hydrogen) atoms. The van der Waals surface area contributed by atoms with Gasteiger partial charge in [0.15, 0.2) is 16.6 Å². The van der Waals surface area contributed by atoms with Gasteiger partial charge in [0.05, 0.1) is 45.0 Å². The minimum absolute atomic E-state index is 0.113. The number of hydrogen-bond donors (Lipinski definition) is 3. The lowest BCUT2D eigenvalue weighted by molar-refractivity contribution is -0.149. The van der Waals surface area contributed by atoms with Crippen LogP contribution in [-0.2, 0) is 37.4 Å². The molecule has 0 spiro atoms. The Morgan fingerprint density at radius 2 is 1.46 bits per heavy atom. The van der Waals surface area contributed by atoms with Gasteiger partial charge in [0, 0.05) is 23.4 Å². The van der Waals surface area contributed by atoms with Crippen LogP contribution in [0.4, 0.5) is 21.0 Å². The monoisotopic (exact) mass is 940 g/mol. The fraction of sp³-hybridized carbons (Fsp3) is 0.600. The number of ether oxygens (including phenoxy) is 4. The molecule has 0 saturated carbocycles. The van der Waals surface area contributed by atoms with Gasteiger partial charge >= 0.3 is 24.1 Å². The van der Waals surface area contributed by atoms with Gasteiger partial charge in [-0.25, -0.2) is 24.1 Å². The van der Waals surface area contributed by atoms with Gasteiger partial charge in [0.25, 0.3) is 0 Å². The highest BCUT2D eigenvalue weighted by Gasteiger charge is 2.65. The Kier molecular flexibility index (Phi) is 16.3. The molecule has 316 valence electrons. The van der Waals surface area contributed by atoms with Crippen molar-refractivity contribution in [1.82, 2.24) is 10.2 Å². The Bertz CT molecular complexity index is 1730. The lowest BCUT2D eigenvalue weighted by Gasteiger charge is -2.45. The molecule has 2 aliphatic heterocycles. The number of benzene rings is 2. The predicted octanol–water partition coefficient (Wildman–Crippen LogP) is 8.71. The van der Waals surface area contributed by atoms with Crippen LogP contribution in [0.15, 0.2) is 36.4 Å². The minimum Gasteiger partial charge on any atom is -0.467 e. The molecule has 3 N–H and O–H groups in total. The van der Waals surface area contributed by atoms with Gasteiger partial charge in [-0.1, -0.05) is 76.3 Å².